The van der Waals surface area contributed by atoms with E-state index in [1.807, 2.05) is 0 Å². The van der Waals surface area contributed by atoms with Gasteiger partial charge < -0.3 is 20.5 Å². The average Bonchev–Trinajstić information content (AvgIpc) is 2.45. The number of ether oxygens (including phenoxy) is 2. The lowest BCUT2D eigenvalue weighted by molar-refractivity contribution is -0.0514. The van der Waals surface area contributed by atoms with Gasteiger partial charge in [0.2, 0.25) is 0 Å². The van der Waals surface area contributed by atoms with Crippen LogP contribution in [0.1, 0.15) is 31.7 Å². The third kappa shape index (κ3) is 6.66. The van der Waals surface area contributed by atoms with E-state index >= 15 is 0 Å². The molecule has 0 aliphatic heterocycles. The van der Waals surface area contributed by atoms with E-state index in [4.69, 9.17) is 10.5 Å². The molecule has 3 N–H and O–H groups in total. The first kappa shape index (κ1) is 20.7. The van der Waals surface area contributed by atoms with Crippen molar-refractivity contribution in [2.75, 3.05) is 13.2 Å². The number of nitrogens with one attached hydrogen (secondary N) is 1. The van der Waals surface area contributed by atoms with Crippen LogP contribution in [-0.2, 0) is 6.54 Å². The number of alkyl halides is 2. The van der Waals surface area contributed by atoms with Gasteiger partial charge >= 0.3 is 6.61 Å². The summed E-state index contributed by atoms with van der Waals surface area (Å²) >= 11 is 0. The van der Waals surface area contributed by atoms with Crippen LogP contribution < -0.4 is 20.5 Å². The second kappa shape index (κ2) is 10.5. The Morgan fingerprint density at radius 2 is 2.12 bits per heavy atom. The minimum atomic E-state index is -2.88. The third-order valence-electron chi connectivity index (χ3n) is 3.75. The van der Waals surface area contributed by atoms with Crippen molar-refractivity contribution < 1.29 is 18.3 Å². The first-order valence-electron chi connectivity index (χ1n) is 7.82. The molecule has 2 rings (SSSR count). The predicted molar refractivity (Wildman–Crippen MR) is 100 cm³/mol. The highest BCUT2D eigenvalue weighted by Crippen LogP contribution is 2.30. The summed E-state index contributed by atoms with van der Waals surface area (Å²) in [5, 5.41) is 3.10. The minimum Gasteiger partial charge on any atom is -0.490 e. The van der Waals surface area contributed by atoms with Crippen molar-refractivity contribution in [2.24, 2.45) is 16.6 Å². The third-order valence-corrected chi connectivity index (χ3v) is 3.75. The monoisotopic (exact) mass is 455 g/mol. The second-order valence-corrected chi connectivity index (χ2v) is 5.47. The number of aliphatic imine (C=N–C) groups is 1. The SMILES string of the molecule is CCOc1cc(CN=C(N)NCC2CCC2)ccc1OC(F)F.I. The van der Waals surface area contributed by atoms with Crippen LogP contribution in [0, 0.1) is 5.92 Å². The molecule has 0 aromatic heterocycles. The number of hydrogen-bond acceptors (Lipinski definition) is 3. The number of halogens is 3. The van der Waals surface area contributed by atoms with Crippen molar-refractivity contribution >= 4 is 29.9 Å². The van der Waals surface area contributed by atoms with E-state index < -0.39 is 6.61 Å². The van der Waals surface area contributed by atoms with Gasteiger partial charge in [-0.1, -0.05) is 12.5 Å². The molecule has 0 bridgehead atoms. The molecule has 0 amide bonds. The van der Waals surface area contributed by atoms with E-state index in [9.17, 15) is 8.78 Å². The molecule has 24 heavy (non-hydrogen) atoms. The number of hydrogen-bond donors (Lipinski definition) is 2. The summed E-state index contributed by atoms with van der Waals surface area (Å²) in [5.41, 5.74) is 6.63. The van der Waals surface area contributed by atoms with Gasteiger partial charge in [-0.15, -0.1) is 24.0 Å². The van der Waals surface area contributed by atoms with E-state index in [0.717, 1.165) is 12.1 Å². The van der Waals surface area contributed by atoms with Gasteiger partial charge in [0, 0.05) is 6.54 Å². The Kier molecular flexibility index (Phi) is 9.09. The van der Waals surface area contributed by atoms with Gasteiger partial charge in [0.25, 0.3) is 0 Å². The molecule has 5 nitrogen and oxygen atoms in total. The number of guanidine groups is 1. The molecule has 0 radical (unpaired) electrons. The maximum absolute atomic E-state index is 12.4. The lowest BCUT2D eigenvalue weighted by Crippen LogP contribution is -2.37. The molecule has 0 unspecified atom stereocenters. The van der Waals surface area contributed by atoms with Crippen LogP contribution in [0.15, 0.2) is 23.2 Å². The smallest absolute Gasteiger partial charge is 0.387 e. The first-order chi connectivity index (χ1) is 11.1. The summed E-state index contributed by atoms with van der Waals surface area (Å²) in [6.45, 7) is 0.445. The van der Waals surface area contributed by atoms with Crippen molar-refractivity contribution in [3.05, 3.63) is 23.8 Å². The van der Waals surface area contributed by atoms with E-state index in [2.05, 4.69) is 15.0 Å². The Labute approximate surface area is 158 Å². The number of benzene rings is 1. The molecule has 136 valence electrons. The van der Waals surface area contributed by atoms with Crippen LogP contribution in [0.3, 0.4) is 0 Å². The van der Waals surface area contributed by atoms with E-state index in [0.29, 0.717) is 25.0 Å². The highest BCUT2D eigenvalue weighted by molar-refractivity contribution is 14.0. The molecular weight excluding hydrogens is 431 g/mol. The summed E-state index contributed by atoms with van der Waals surface area (Å²) in [4.78, 5) is 4.26. The molecule has 8 heteroatoms. The zero-order valence-electron chi connectivity index (χ0n) is 13.6. The molecule has 0 saturated heterocycles. The van der Waals surface area contributed by atoms with Gasteiger partial charge in [-0.2, -0.15) is 8.78 Å². The van der Waals surface area contributed by atoms with Gasteiger partial charge in [0.15, 0.2) is 17.5 Å². The predicted octanol–water partition coefficient (Wildman–Crippen LogP) is 3.51. The standard InChI is InChI=1S/C16H23F2N3O2.HI/c1-2-22-14-8-12(6-7-13(14)23-15(17)18)10-21-16(19)20-9-11-4-3-5-11;/h6-8,11,15H,2-5,9-10H2,1H3,(H3,19,20,21);1H. The zero-order chi connectivity index (χ0) is 16.7. The minimum absolute atomic E-state index is 0. The molecular formula is C16H24F2IN3O2. The van der Waals surface area contributed by atoms with Crippen LogP contribution in [0.25, 0.3) is 0 Å². The molecule has 1 aliphatic carbocycles. The fourth-order valence-corrected chi connectivity index (χ4v) is 2.29. The van der Waals surface area contributed by atoms with Crippen LogP contribution >= 0.6 is 24.0 Å². The second-order valence-electron chi connectivity index (χ2n) is 5.47. The fraction of sp³-hybridized carbons (Fsp3) is 0.562. The van der Waals surface area contributed by atoms with Crippen LogP contribution in [0.5, 0.6) is 11.5 Å². The average molecular weight is 455 g/mol. The molecule has 1 aromatic rings. The summed E-state index contributed by atoms with van der Waals surface area (Å²) in [5.74, 6) is 1.38. The van der Waals surface area contributed by atoms with Gasteiger partial charge in [0.05, 0.1) is 13.2 Å². The Morgan fingerprint density at radius 1 is 1.38 bits per heavy atom. The van der Waals surface area contributed by atoms with E-state index in [-0.39, 0.29) is 35.5 Å². The maximum Gasteiger partial charge on any atom is 0.387 e. The fourth-order valence-electron chi connectivity index (χ4n) is 2.29. The van der Waals surface area contributed by atoms with Crippen molar-refractivity contribution in [1.29, 1.82) is 0 Å². The van der Waals surface area contributed by atoms with Crippen molar-refractivity contribution in [3.63, 3.8) is 0 Å². The molecule has 1 aromatic carbocycles. The van der Waals surface area contributed by atoms with Crippen LogP contribution in [-0.4, -0.2) is 25.7 Å². The van der Waals surface area contributed by atoms with Gasteiger partial charge in [0.1, 0.15) is 0 Å². The molecule has 0 spiro atoms. The normalized spacial score (nSPS) is 14.8. The highest BCUT2D eigenvalue weighted by Gasteiger charge is 2.16. The zero-order valence-corrected chi connectivity index (χ0v) is 16.0. The Hall–Kier alpha value is -1.32. The summed E-state index contributed by atoms with van der Waals surface area (Å²) in [7, 11) is 0. The summed E-state index contributed by atoms with van der Waals surface area (Å²) in [6, 6.07) is 4.77. The van der Waals surface area contributed by atoms with Crippen molar-refractivity contribution in [3.8, 4) is 11.5 Å². The molecule has 1 fully saturated rings. The van der Waals surface area contributed by atoms with Crippen LogP contribution in [0.4, 0.5) is 8.78 Å². The number of rotatable bonds is 8. The van der Waals surface area contributed by atoms with Gasteiger partial charge in [-0.25, -0.2) is 4.99 Å². The van der Waals surface area contributed by atoms with E-state index in [1.165, 1.54) is 25.3 Å². The topological polar surface area (TPSA) is 68.9 Å². The Balaban J connectivity index is 0.00000288. The van der Waals surface area contributed by atoms with Crippen molar-refractivity contribution in [2.45, 2.75) is 39.3 Å². The maximum atomic E-state index is 12.4. The largest absolute Gasteiger partial charge is 0.490 e. The lowest BCUT2D eigenvalue weighted by Gasteiger charge is -2.25. The Bertz CT molecular complexity index is 540. The summed E-state index contributed by atoms with van der Waals surface area (Å²) < 4.78 is 34.5. The van der Waals surface area contributed by atoms with E-state index in [1.54, 1.807) is 19.1 Å². The van der Waals surface area contributed by atoms with Gasteiger partial charge in [-0.05, 0) is 43.4 Å². The van der Waals surface area contributed by atoms with Crippen LogP contribution in [0.2, 0.25) is 0 Å². The first-order valence-corrected chi connectivity index (χ1v) is 7.82. The van der Waals surface area contributed by atoms with Gasteiger partial charge in [-0.3, -0.25) is 0 Å². The van der Waals surface area contributed by atoms with Crippen molar-refractivity contribution in [1.82, 2.24) is 5.32 Å². The summed E-state index contributed by atoms with van der Waals surface area (Å²) in [6.07, 6.45) is 3.77. The quantitative estimate of drug-likeness (QED) is 0.358. The molecule has 0 heterocycles. The molecule has 0 atom stereocenters. The molecule has 1 saturated carbocycles. The number of nitrogens with zero attached hydrogens (tertiary/aromatic N) is 1. The number of nitrogens with two attached hydrogens (primary N) is 1. The Morgan fingerprint density at radius 3 is 2.71 bits per heavy atom. The molecule has 1 aliphatic rings. The highest BCUT2D eigenvalue weighted by atomic mass is 127. The lowest BCUT2D eigenvalue weighted by atomic mass is 9.85.